The first-order chi connectivity index (χ1) is 9.63. The average Bonchev–Trinajstić information content (AvgIpc) is 3.05. The lowest BCUT2D eigenvalue weighted by molar-refractivity contribution is 0.242. The maximum absolute atomic E-state index is 13.7. The molecule has 2 bridgehead atoms. The molecule has 108 valence electrons. The maximum Gasteiger partial charge on any atom is 0.152 e. The van der Waals surface area contributed by atoms with E-state index in [0.29, 0.717) is 5.92 Å². The summed E-state index contributed by atoms with van der Waals surface area (Å²) in [5, 5.41) is 3.03. The summed E-state index contributed by atoms with van der Waals surface area (Å²) in [4.78, 5) is 0. The second-order valence-corrected chi connectivity index (χ2v) is 6.65. The number of benzene rings is 1. The second kappa shape index (κ2) is 4.40. The molecule has 0 spiro atoms. The Morgan fingerprint density at radius 2 is 1.60 bits per heavy atom. The Kier molecular flexibility index (Phi) is 2.76. The van der Waals surface area contributed by atoms with Crippen LogP contribution in [-0.4, -0.2) is 6.04 Å². The van der Waals surface area contributed by atoms with Gasteiger partial charge in [0.2, 0.25) is 0 Å². The molecule has 0 amide bonds. The van der Waals surface area contributed by atoms with Crippen LogP contribution in [0.5, 0.6) is 0 Å². The third kappa shape index (κ3) is 1.76. The van der Waals surface area contributed by atoms with Crippen molar-refractivity contribution >= 4 is 5.69 Å². The molecule has 3 saturated carbocycles. The van der Waals surface area contributed by atoms with Gasteiger partial charge in [-0.1, -0.05) is 6.42 Å². The summed E-state index contributed by atoms with van der Waals surface area (Å²) >= 11 is 0. The quantitative estimate of drug-likeness (QED) is 0.850. The largest absolute Gasteiger partial charge is 0.377 e. The molecule has 1 aromatic rings. The van der Waals surface area contributed by atoms with E-state index in [-0.39, 0.29) is 11.7 Å². The third-order valence-electron chi connectivity index (χ3n) is 5.77. The molecule has 4 heteroatoms. The number of nitrogens with one attached hydrogen (secondary N) is 1. The standard InChI is InChI=1S/C16H18F3N/c17-9-6-13(18)16(14(19)7-9)20-15-5-8-4-12(15)11-3-1-2-10(8)11/h6-8,10-12,15,20H,1-5H2. The number of hydrogen-bond donors (Lipinski definition) is 1. The van der Waals surface area contributed by atoms with E-state index in [4.69, 9.17) is 0 Å². The molecule has 1 nitrogen and oxygen atoms in total. The topological polar surface area (TPSA) is 12.0 Å². The predicted octanol–water partition coefficient (Wildman–Crippen LogP) is 4.34. The molecule has 3 fully saturated rings. The van der Waals surface area contributed by atoms with E-state index >= 15 is 0 Å². The van der Waals surface area contributed by atoms with Crippen LogP contribution in [0.25, 0.3) is 0 Å². The fourth-order valence-corrected chi connectivity index (χ4v) is 5.10. The number of anilines is 1. The smallest absolute Gasteiger partial charge is 0.152 e. The molecular weight excluding hydrogens is 263 g/mol. The van der Waals surface area contributed by atoms with Crippen LogP contribution in [0.1, 0.15) is 32.1 Å². The third-order valence-corrected chi connectivity index (χ3v) is 5.77. The van der Waals surface area contributed by atoms with Crippen molar-refractivity contribution < 1.29 is 13.2 Å². The zero-order valence-electron chi connectivity index (χ0n) is 11.2. The molecule has 4 rings (SSSR count). The van der Waals surface area contributed by atoms with Crippen LogP contribution in [0.2, 0.25) is 0 Å². The van der Waals surface area contributed by atoms with Crippen molar-refractivity contribution in [1.29, 1.82) is 0 Å². The normalized spacial score (nSPS) is 38.2. The Hall–Kier alpha value is -1.19. The fraction of sp³-hybridized carbons (Fsp3) is 0.625. The van der Waals surface area contributed by atoms with Crippen molar-refractivity contribution in [2.45, 2.75) is 38.1 Å². The Labute approximate surface area is 116 Å². The maximum atomic E-state index is 13.7. The van der Waals surface area contributed by atoms with Crippen molar-refractivity contribution in [3.63, 3.8) is 0 Å². The van der Waals surface area contributed by atoms with Gasteiger partial charge in [-0.2, -0.15) is 0 Å². The fourth-order valence-electron chi connectivity index (χ4n) is 5.10. The van der Waals surface area contributed by atoms with Crippen LogP contribution in [-0.2, 0) is 0 Å². The van der Waals surface area contributed by atoms with E-state index in [1.807, 2.05) is 0 Å². The van der Waals surface area contributed by atoms with Crippen molar-refractivity contribution in [3.8, 4) is 0 Å². The number of halogens is 3. The van der Waals surface area contributed by atoms with E-state index in [0.717, 1.165) is 36.3 Å². The predicted molar refractivity (Wildman–Crippen MR) is 70.8 cm³/mol. The highest BCUT2D eigenvalue weighted by atomic mass is 19.1. The van der Waals surface area contributed by atoms with Crippen LogP contribution < -0.4 is 5.32 Å². The van der Waals surface area contributed by atoms with Gasteiger partial charge < -0.3 is 5.32 Å². The van der Waals surface area contributed by atoms with Gasteiger partial charge >= 0.3 is 0 Å². The molecule has 3 aliphatic rings. The van der Waals surface area contributed by atoms with Gasteiger partial charge in [-0.25, -0.2) is 13.2 Å². The monoisotopic (exact) mass is 281 g/mol. The highest BCUT2D eigenvalue weighted by Gasteiger charge is 2.53. The van der Waals surface area contributed by atoms with E-state index in [2.05, 4.69) is 5.32 Å². The van der Waals surface area contributed by atoms with E-state index in [9.17, 15) is 13.2 Å². The summed E-state index contributed by atoms with van der Waals surface area (Å²) in [6.45, 7) is 0. The Morgan fingerprint density at radius 3 is 2.35 bits per heavy atom. The lowest BCUT2D eigenvalue weighted by Crippen LogP contribution is -2.34. The minimum Gasteiger partial charge on any atom is -0.377 e. The summed E-state index contributed by atoms with van der Waals surface area (Å²) < 4.78 is 40.4. The highest BCUT2D eigenvalue weighted by molar-refractivity contribution is 5.48. The summed E-state index contributed by atoms with van der Waals surface area (Å²) in [5.41, 5.74) is -0.154. The summed E-state index contributed by atoms with van der Waals surface area (Å²) in [6.07, 6.45) is 6.09. The van der Waals surface area contributed by atoms with Gasteiger partial charge in [0.25, 0.3) is 0 Å². The van der Waals surface area contributed by atoms with Gasteiger partial charge in [0.1, 0.15) is 11.5 Å². The van der Waals surface area contributed by atoms with Crippen molar-refractivity contribution in [1.82, 2.24) is 0 Å². The van der Waals surface area contributed by atoms with Gasteiger partial charge in [-0.05, 0) is 49.4 Å². The van der Waals surface area contributed by atoms with Crippen molar-refractivity contribution in [2.75, 3.05) is 5.32 Å². The molecule has 20 heavy (non-hydrogen) atoms. The first kappa shape index (κ1) is 12.5. The van der Waals surface area contributed by atoms with E-state index in [1.165, 1.54) is 25.7 Å². The summed E-state index contributed by atoms with van der Waals surface area (Å²) in [7, 11) is 0. The summed E-state index contributed by atoms with van der Waals surface area (Å²) in [6, 6.07) is 1.64. The molecule has 3 aliphatic carbocycles. The minimum atomic E-state index is -0.866. The molecule has 0 aliphatic heterocycles. The Bertz CT molecular complexity index is 522. The molecular formula is C16H18F3N. The molecule has 0 heterocycles. The molecule has 5 atom stereocenters. The molecule has 5 unspecified atom stereocenters. The highest BCUT2D eigenvalue weighted by Crippen LogP contribution is 2.59. The van der Waals surface area contributed by atoms with Gasteiger partial charge in [-0.3, -0.25) is 0 Å². The lowest BCUT2D eigenvalue weighted by Gasteiger charge is -2.32. The first-order valence-electron chi connectivity index (χ1n) is 7.54. The van der Waals surface area contributed by atoms with Gasteiger partial charge in [0.15, 0.2) is 11.6 Å². The molecule has 0 saturated heterocycles. The van der Waals surface area contributed by atoms with Gasteiger partial charge in [0, 0.05) is 18.2 Å². The number of fused-ring (bicyclic) bond motifs is 5. The molecule has 0 aromatic heterocycles. The van der Waals surface area contributed by atoms with Crippen LogP contribution in [0, 0.1) is 41.1 Å². The molecule has 1 N–H and O–H groups in total. The van der Waals surface area contributed by atoms with Crippen molar-refractivity contribution in [2.24, 2.45) is 23.7 Å². The summed E-state index contributed by atoms with van der Waals surface area (Å²) in [5.74, 6) is 0.322. The first-order valence-corrected chi connectivity index (χ1v) is 7.54. The minimum absolute atomic E-state index is 0.147. The van der Waals surface area contributed by atoms with Gasteiger partial charge in [0.05, 0.1) is 0 Å². The lowest BCUT2D eigenvalue weighted by atomic mass is 9.79. The van der Waals surface area contributed by atoms with Gasteiger partial charge in [-0.15, -0.1) is 0 Å². The molecule has 1 aromatic carbocycles. The number of rotatable bonds is 2. The van der Waals surface area contributed by atoms with E-state index < -0.39 is 17.5 Å². The van der Waals surface area contributed by atoms with Crippen molar-refractivity contribution in [3.05, 3.63) is 29.6 Å². The van der Waals surface area contributed by atoms with Crippen LogP contribution in [0.3, 0.4) is 0 Å². The van der Waals surface area contributed by atoms with Crippen LogP contribution in [0.15, 0.2) is 12.1 Å². The average molecular weight is 281 g/mol. The molecule has 0 radical (unpaired) electrons. The Balaban J connectivity index is 1.56. The zero-order chi connectivity index (χ0) is 13.9. The second-order valence-electron chi connectivity index (χ2n) is 6.65. The SMILES string of the molecule is Fc1cc(F)c(NC2CC3CC2C2CCCC32)c(F)c1. The van der Waals surface area contributed by atoms with E-state index in [1.54, 1.807) is 0 Å². The van der Waals surface area contributed by atoms with Crippen LogP contribution in [0.4, 0.5) is 18.9 Å². The number of hydrogen-bond acceptors (Lipinski definition) is 1. The zero-order valence-corrected chi connectivity index (χ0v) is 11.2. The Morgan fingerprint density at radius 1 is 0.900 bits per heavy atom. The van der Waals surface area contributed by atoms with Crippen LogP contribution >= 0.6 is 0 Å².